The highest BCUT2D eigenvalue weighted by Gasteiger charge is 2.10. The molecular weight excluding hydrogens is 334 g/mol. The number of halogens is 3. The summed E-state index contributed by atoms with van der Waals surface area (Å²) in [6, 6.07) is 4.93. The lowest BCUT2D eigenvalue weighted by atomic mass is 10.2. The molecule has 2 aromatic rings. The van der Waals surface area contributed by atoms with Crippen LogP contribution < -0.4 is 10.1 Å². The van der Waals surface area contributed by atoms with E-state index in [-0.39, 0.29) is 5.75 Å². The highest BCUT2D eigenvalue weighted by atomic mass is 79.9. The first kappa shape index (κ1) is 14.9. The predicted octanol–water partition coefficient (Wildman–Crippen LogP) is 2.50. The Balaban J connectivity index is 1.88. The molecule has 2 N–H and O–H groups in total. The monoisotopic (exact) mass is 346 g/mol. The van der Waals surface area contributed by atoms with Crippen LogP contribution in [0.5, 0.6) is 5.75 Å². The summed E-state index contributed by atoms with van der Waals surface area (Å²) in [6.45, 7) is -1.75. The van der Waals surface area contributed by atoms with Crippen LogP contribution in [0, 0.1) is 0 Å². The van der Waals surface area contributed by atoms with Crippen molar-refractivity contribution in [3.63, 3.8) is 0 Å². The molecule has 0 unspecified atom stereocenters. The highest BCUT2D eigenvalue weighted by Crippen LogP contribution is 2.24. The van der Waals surface area contributed by atoms with Gasteiger partial charge in [0.1, 0.15) is 17.9 Å². The van der Waals surface area contributed by atoms with Crippen molar-refractivity contribution in [3.05, 3.63) is 40.4 Å². The van der Waals surface area contributed by atoms with E-state index in [1.165, 1.54) is 12.4 Å². The van der Waals surface area contributed by atoms with Gasteiger partial charge >= 0.3 is 6.61 Å². The molecule has 1 aromatic carbocycles. The van der Waals surface area contributed by atoms with Crippen LogP contribution in [0.2, 0.25) is 0 Å². The molecule has 5 nitrogen and oxygen atoms in total. The summed E-state index contributed by atoms with van der Waals surface area (Å²) in [4.78, 5) is 3.99. The molecule has 0 bridgehead atoms. The van der Waals surface area contributed by atoms with Crippen molar-refractivity contribution in [2.45, 2.75) is 19.6 Å². The molecular formula is C12H13BrF2N4O. The van der Waals surface area contributed by atoms with E-state index in [4.69, 9.17) is 0 Å². The lowest BCUT2D eigenvalue weighted by Crippen LogP contribution is -2.18. The number of hydrogen-bond donors (Lipinski definition) is 2. The standard InChI is InChI=1S/C12H13BrF2N4O/c13-9-1-2-10(20-12(14)15)8(5-9)6-16-4-3-11-17-7-18-19-11/h1-2,5,7,12,16H,3-4,6H2,(H,17,18,19). The fourth-order valence-electron chi connectivity index (χ4n) is 1.68. The van der Waals surface area contributed by atoms with Gasteiger partial charge in [0.15, 0.2) is 0 Å². The summed E-state index contributed by atoms with van der Waals surface area (Å²) < 4.78 is 29.9. The minimum Gasteiger partial charge on any atom is -0.434 e. The Labute approximate surface area is 122 Å². The third-order valence-corrected chi connectivity index (χ3v) is 3.05. The lowest BCUT2D eigenvalue weighted by Gasteiger charge is -2.11. The molecule has 0 aliphatic heterocycles. The van der Waals surface area contributed by atoms with Crippen LogP contribution in [-0.4, -0.2) is 28.3 Å². The molecule has 0 radical (unpaired) electrons. The number of nitrogens with one attached hydrogen (secondary N) is 2. The molecule has 0 saturated carbocycles. The number of rotatable bonds is 7. The van der Waals surface area contributed by atoms with Gasteiger partial charge in [-0.3, -0.25) is 5.10 Å². The third kappa shape index (κ3) is 4.53. The predicted molar refractivity (Wildman–Crippen MR) is 72.6 cm³/mol. The molecule has 2 rings (SSSR count). The Morgan fingerprint density at radius 1 is 1.40 bits per heavy atom. The average Bonchev–Trinajstić information content (AvgIpc) is 2.90. The van der Waals surface area contributed by atoms with Crippen molar-refractivity contribution in [3.8, 4) is 5.75 Å². The van der Waals surface area contributed by atoms with Crippen LogP contribution in [0.4, 0.5) is 8.78 Å². The molecule has 0 aliphatic rings. The van der Waals surface area contributed by atoms with Gasteiger partial charge in [-0.1, -0.05) is 15.9 Å². The molecule has 1 heterocycles. The summed E-state index contributed by atoms with van der Waals surface area (Å²) >= 11 is 3.31. The molecule has 0 fully saturated rings. The van der Waals surface area contributed by atoms with E-state index in [2.05, 4.69) is 41.2 Å². The molecule has 8 heteroatoms. The number of aromatic amines is 1. The van der Waals surface area contributed by atoms with Gasteiger partial charge in [-0.25, -0.2) is 4.98 Å². The molecule has 0 amide bonds. The number of hydrogen-bond acceptors (Lipinski definition) is 4. The summed E-state index contributed by atoms with van der Waals surface area (Å²) in [6.07, 6.45) is 2.12. The van der Waals surface area contributed by atoms with Crippen molar-refractivity contribution in [2.75, 3.05) is 6.54 Å². The first-order valence-electron chi connectivity index (χ1n) is 5.93. The Hall–Kier alpha value is -1.54. The zero-order valence-corrected chi connectivity index (χ0v) is 12.0. The largest absolute Gasteiger partial charge is 0.434 e. The van der Waals surface area contributed by atoms with Gasteiger partial charge in [-0.05, 0) is 18.2 Å². The normalized spacial score (nSPS) is 11.0. The summed E-state index contributed by atoms with van der Waals surface area (Å²) in [5, 5.41) is 9.64. The number of ether oxygens (including phenoxy) is 1. The summed E-state index contributed by atoms with van der Waals surface area (Å²) in [7, 11) is 0. The second kappa shape index (κ2) is 7.30. The quantitative estimate of drug-likeness (QED) is 0.756. The van der Waals surface area contributed by atoms with Gasteiger partial charge < -0.3 is 10.1 Å². The number of nitrogens with zero attached hydrogens (tertiary/aromatic N) is 2. The fraction of sp³-hybridized carbons (Fsp3) is 0.333. The third-order valence-electron chi connectivity index (χ3n) is 2.56. The molecule has 1 aromatic heterocycles. The number of benzene rings is 1. The van der Waals surface area contributed by atoms with Crippen LogP contribution in [0.25, 0.3) is 0 Å². The summed E-state index contributed by atoms with van der Waals surface area (Å²) in [5.41, 5.74) is 0.664. The van der Waals surface area contributed by atoms with E-state index >= 15 is 0 Å². The van der Waals surface area contributed by atoms with Crippen LogP contribution in [-0.2, 0) is 13.0 Å². The number of H-pyrrole nitrogens is 1. The smallest absolute Gasteiger partial charge is 0.387 e. The van der Waals surface area contributed by atoms with Crippen molar-refractivity contribution in [2.24, 2.45) is 0 Å². The van der Waals surface area contributed by atoms with Gasteiger partial charge in [0.05, 0.1) is 0 Å². The SMILES string of the molecule is FC(F)Oc1ccc(Br)cc1CNCCc1ncn[nH]1. The average molecular weight is 347 g/mol. The van der Waals surface area contributed by atoms with E-state index in [1.54, 1.807) is 12.1 Å². The zero-order valence-electron chi connectivity index (χ0n) is 10.4. The van der Waals surface area contributed by atoms with E-state index in [1.807, 2.05) is 0 Å². The van der Waals surface area contributed by atoms with E-state index in [0.29, 0.717) is 25.1 Å². The van der Waals surface area contributed by atoms with Gasteiger partial charge in [-0.15, -0.1) is 0 Å². The zero-order chi connectivity index (χ0) is 14.4. The van der Waals surface area contributed by atoms with Gasteiger partial charge in [0.2, 0.25) is 0 Å². The first-order chi connectivity index (χ1) is 9.65. The number of aromatic nitrogens is 3. The summed E-state index contributed by atoms with van der Waals surface area (Å²) in [5.74, 6) is 0.950. The Morgan fingerprint density at radius 3 is 2.95 bits per heavy atom. The lowest BCUT2D eigenvalue weighted by molar-refractivity contribution is -0.0505. The molecule has 0 saturated heterocycles. The van der Waals surface area contributed by atoms with Gasteiger partial charge in [0, 0.05) is 29.5 Å². The second-order valence-corrected chi connectivity index (χ2v) is 4.91. The minimum absolute atomic E-state index is 0.176. The van der Waals surface area contributed by atoms with E-state index < -0.39 is 6.61 Å². The van der Waals surface area contributed by atoms with Crippen molar-refractivity contribution in [1.29, 1.82) is 0 Å². The molecule has 0 spiro atoms. The molecule has 0 atom stereocenters. The minimum atomic E-state index is -2.83. The molecule has 20 heavy (non-hydrogen) atoms. The van der Waals surface area contributed by atoms with Crippen molar-refractivity contribution < 1.29 is 13.5 Å². The topological polar surface area (TPSA) is 62.8 Å². The van der Waals surface area contributed by atoms with Crippen molar-refractivity contribution in [1.82, 2.24) is 20.5 Å². The Kier molecular flexibility index (Phi) is 5.42. The maximum absolute atomic E-state index is 12.3. The first-order valence-corrected chi connectivity index (χ1v) is 6.72. The van der Waals surface area contributed by atoms with Crippen LogP contribution in [0.3, 0.4) is 0 Å². The highest BCUT2D eigenvalue weighted by molar-refractivity contribution is 9.10. The second-order valence-electron chi connectivity index (χ2n) is 3.99. The Bertz CT molecular complexity index is 536. The van der Waals surface area contributed by atoms with Gasteiger partial charge in [0.25, 0.3) is 0 Å². The van der Waals surface area contributed by atoms with Crippen LogP contribution in [0.15, 0.2) is 29.0 Å². The molecule has 0 aliphatic carbocycles. The van der Waals surface area contributed by atoms with Crippen molar-refractivity contribution >= 4 is 15.9 Å². The Morgan fingerprint density at radius 2 is 2.25 bits per heavy atom. The van der Waals surface area contributed by atoms with Gasteiger partial charge in [-0.2, -0.15) is 13.9 Å². The molecule has 108 valence electrons. The maximum Gasteiger partial charge on any atom is 0.387 e. The van der Waals surface area contributed by atoms with E-state index in [0.717, 1.165) is 10.3 Å². The fourth-order valence-corrected chi connectivity index (χ4v) is 2.09. The number of alkyl halides is 2. The van der Waals surface area contributed by atoms with Crippen LogP contribution in [0.1, 0.15) is 11.4 Å². The maximum atomic E-state index is 12.3. The van der Waals surface area contributed by atoms with Crippen LogP contribution >= 0.6 is 15.9 Å². The van der Waals surface area contributed by atoms with E-state index in [9.17, 15) is 8.78 Å².